The number of likely N-dealkylation sites (tertiary alicyclic amines) is 1. The molecule has 1 amide bonds. The van der Waals surface area contributed by atoms with Crippen LogP contribution in [0.25, 0.3) is 5.76 Å². The van der Waals surface area contributed by atoms with Crippen LogP contribution >= 0.6 is 0 Å². The van der Waals surface area contributed by atoms with Crippen molar-refractivity contribution in [2.24, 2.45) is 5.92 Å². The Bertz CT molecular complexity index is 920. The average molecular weight is 408 g/mol. The molecule has 1 unspecified atom stereocenters. The highest BCUT2D eigenvalue weighted by molar-refractivity contribution is 6.46. The van der Waals surface area contributed by atoms with E-state index < -0.39 is 17.7 Å². The van der Waals surface area contributed by atoms with Gasteiger partial charge in [0.15, 0.2) is 0 Å². The molecule has 1 saturated heterocycles. The van der Waals surface area contributed by atoms with E-state index in [2.05, 4.69) is 18.8 Å². The molecule has 0 spiro atoms. The number of aliphatic hydroxyl groups is 1. The molecule has 6 nitrogen and oxygen atoms in total. The van der Waals surface area contributed by atoms with Crippen LogP contribution in [0, 0.1) is 5.92 Å². The lowest BCUT2D eigenvalue weighted by molar-refractivity contribution is -0.139. The highest BCUT2D eigenvalue weighted by atomic mass is 16.5. The zero-order valence-electron chi connectivity index (χ0n) is 17.7. The van der Waals surface area contributed by atoms with E-state index in [4.69, 9.17) is 4.74 Å². The first-order valence-electron chi connectivity index (χ1n) is 10.4. The Labute approximate surface area is 177 Å². The molecule has 1 N–H and O–H groups in total. The van der Waals surface area contributed by atoms with Gasteiger partial charge in [-0.2, -0.15) is 0 Å². The van der Waals surface area contributed by atoms with Crippen molar-refractivity contribution in [1.29, 1.82) is 0 Å². The summed E-state index contributed by atoms with van der Waals surface area (Å²) in [6.45, 7) is 7.19. The molecule has 2 heterocycles. The van der Waals surface area contributed by atoms with Gasteiger partial charge in [-0.15, -0.1) is 0 Å². The van der Waals surface area contributed by atoms with E-state index in [-0.39, 0.29) is 11.3 Å². The fourth-order valence-electron chi connectivity index (χ4n) is 3.45. The van der Waals surface area contributed by atoms with Crippen LogP contribution in [0.15, 0.2) is 54.4 Å². The van der Waals surface area contributed by atoms with Crippen LogP contribution in [0.2, 0.25) is 0 Å². The molecular weight excluding hydrogens is 380 g/mol. The van der Waals surface area contributed by atoms with Crippen molar-refractivity contribution < 1.29 is 19.4 Å². The largest absolute Gasteiger partial charge is 0.507 e. The van der Waals surface area contributed by atoms with Gasteiger partial charge < -0.3 is 14.7 Å². The number of carbonyl (C=O) groups is 2. The molecule has 1 atom stereocenters. The maximum absolute atomic E-state index is 12.9. The Morgan fingerprint density at radius 2 is 1.93 bits per heavy atom. The number of rotatable bonds is 8. The number of pyridine rings is 1. The maximum atomic E-state index is 12.9. The second kappa shape index (κ2) is 9.57. The van der Waals surface area contributed by atoms with Crippen LogP contribution in [-0.4, -0.2) is 39.8 Å². The molecule has 1 aromatic carbocycles. The molecule has 6 heteroatoms. The van der Waals surface area contributed by atoms with E-state index in [0.717, 1.165) is 12.8 Å². The van der Waals surface area contributed by atoms with Crippen LogP contribution in [0.4, 0.5) is 0 Å². The van der Waals surface area contributed by atoms with Crippen molar-refractivity contribution in [1.82, 2.24) is 9.88 Å². The van der Waals surface area contributed by atoms with Gasteiger partial charge in [-0.1, -0.05) is 33.3 Å². The average Bonchev–Trinajstić information content (AvgIpc) is 3.01. The fourth-order valence-corrected chi connectivity index (χ4v) is 3.45. The van der Waals surface area contributed by atoms with E-state index >= 15 is 0 Å². The maximum Gasteiger partial charge on any atom is 0.295 e. The summed E-state index contributed by atoms with van der Waals surface area (Å²) < 4.78 is 5.68. The van der Waals surface area contributed by atoms with Gasteiger partial charge in [0.05, 0.1) is 18.2 Å². The number of carbonyl (C=O) groups excluding carboxylic acids is 2. The molecule has 0 bridgehead atoms. The minimum Gasteiger partial charge on any atom is -0.507 e. The normalized spacial score (nSPS) is 18.3. The van der Waals surface area contributed by atoms with E-state index in [1.807, 2.05) is 13.0 Å². The number of amides is 1. The predicted molar refractivity (Wildman–Crippen MR) is 115 cm³/mol. The second-order valence-corrected chi connectivity index (χ2v) is 7.86. The molecule has 3 rings (SSSR count). The van der Waals surface area contributed by atoms with Crippen molar-refractivity contribution in [3.05, 3.63) is 65.5 Å². The van der Waals surface area contributed by atoms with Crippen LogP contribution in [-0.2, 0) is 9.59 Å². The van der Waals surface area contributed by atoms with Crippen LogP contribution < -0.4 is 4.74 Å². The Morgan fingerprint density at radius 1 is 1.20 bits per heavy atom. The van der Waals surface area contributed by atoms with Crippen molar-refractivity contribution in [2.75, 3.05) is 13.2 Å². The van der Waals surface area contributed by atoms with Gasteiger partial charge in [-0.3, -0.25) is 14.6 Å². The Morgan fingerprint density at radius 3 is 2.53 bits per heavy atom. The van der Waals surface area contributed by atoms with Crippen LogP contribution in [0.1, 0.15) is 50.8 Å². The number of hydrogen-bond donors (Lipinski definition) is 1. The molecule has 2 aromatic rings. The number of benzene rings is 1. The summed E-state index contributed by atoms with van der Waals surface area (Å²) >= 11 is 0. The smallest absolute Gasteiger partial charge is 0.295 e. The summed E-state index contributed by atoms with van der Waals surface area (Å²) in [5, 5.41) is 11.0. The number of aliphatic hydroxyl groups excluding tert-OH is 1. The molecular formula is C24H28N2O4. The van der Waals surface area contributed by atoms with Crippen molar-refractivity contribution >= 4 is 17.4 Å². The lowest BCUT2D eigenvalue weighted by atomic mass is 9.96. The van der Waals surface area contributed by atoms with Crippen molar-refractivity contribution in [3.8, 4) is 5.75 Å². The zero-order valence-corrected chi connectivity index (χ0v) is 17.7. The first-order valence-corrected chi connectivity index (χ1v) is 10.4. The molecule has 0 radical (unpaired) electrons. The number of aromatic nitrogens is 1. The highest BCUT2D eigenvalue weighted by Gasteiger charge is 2.45. The standard InChI is InChI=1S/C24H28N2O4/c1-4-5-13-26-21(18-7-6-12-25-14-18)20(23(28)24(26)29)22(27)17-8-10-19(11-9-17)30-15-16(2)3/h6-12,14,16,21,27H,4-5,13,15H2,1-3H3/b22-20-. The van der Waals surface area contributed by atoms with E-state index in [1.54, 1.807) is 42.7 Å². The molecule has 0 saturated carbocycles. The van der Waals surface area contributed by atoms with E-state index in [1.165, 1.54) is 4.90 Å². The molecule has 1 aliphatic rings. The monoisotopic (exact) mass is 408 g/mol. The summed E-state index contributed by atoms with van der Waals surface area (Å²) in [4.78, 5) is 31.3. The van der Waals surface area contributed by atoms with Crippen LogP contribution in [0.3, 0.4) is 0 Å². The van der Waals surface area contributed by atoms with Gasteiger partial charge in [-0.25, -0.2) is 0 Å². The third-order valence-corrected chi connectivity index (χ3v) is 5.00. The summed E-state index contributed by atoms with van der Waals surface area (Å²) in [5.74, 6) is -0.353. The zero-order chi connectivity index (χ0) is 21.7. The third-order valence-electron chi connectivity index (χ3n) is 5.00. The minimum absolute atomic E-state index is 0.0972. The number of hydrogen-bond acceptors (Lipinski definition) is 5. The Hall–Kier alpha value is -3.15. The number of unbranched alkanes of at least 4 members (excludes halogenated alkanes) is 1. The number of nitrogens with zero attached hydrogens (tertiary/aromatic N) is 2. The van der Waals surface area contributed by atoms with Crippen molar-refractivity contribution in [3.63, 3.8) is 0 Å². The third kappa shape index (κ3) is 4.53. The van der Waals surface area contributed by atoms with Gasteiger partial charge in [-0.05, 0) is 48.2 Å². The van der Waals surface area contributed by atoms with Gasteiger partial charge in [0.1, 0.15) is 11.5 Å². The van der Waals surface area contributed by atoms with E-state index in [0.29, 0.717) is 35.9 Å². The molecule has 30 heavy (non-hydrogen) atoms. The number of ether oxygens (including phenoxy) is 1. The van der Waals surface area contributed by atoms with Gasteiger partial charge in [0.2, 0.25) is 0 Å². The van der Waals surface area contributed by atoms with E-state index in [9.17, 15) is 14.7 Å². The lowest BCUT2D eigenvalue weighted by Crippen LogP contribution is -2.30. The number of ketones is 1. The lowest BCUT2D eigenvalue weighted by Gasteiger charge is -2.24. The summed E-state index contributed by atoms with van der Waals surface area (Å²) in [6, 6.07) is 9.83. The second-order valence-electron chi connectivity index (χ2n) is 7.86. The van der Waals surface area contributed by atoms with Gasteiger partial charge in [0, 0.05) is 24.5 Å². The fraction of sp³-hybridized carbons (Fsp3) is 0.375. The minimum atomic E-state index is -0.669. The molecule has 1 aliphatic heterocycles. The molecule has 158 valence electrons. The first kappa shape index (κ1) is 21.6. The summed E-state index contributed by atoms with van der Waals surface area (Å²) in [5.41, 5.74) is 1.26. The van der Waals surface area contributed by atoms with Gasteiger partial charge in [0.25, 0.3) is 11.7 Å². The molecule has 0 aliphatic carbocycles. The SMILES string of the molecule is CCCCN1C(=O)C(=O)/C(=C(\O)c2ccc(OCC(C)C)cc2)C1c1cccnc1. The Kier molecular flexibility index (Phi) is 6.87. The Balaban J connectivity index is 2.00. The molecule has 1 fully saturated rings. The first-order chi connectivity index (χ1) is 14.4. The predicted octanol–water partition coefficient (Wildman–Crippen LogP) is 4.34. The summed E-state index contributed by atoms with van der Waals surface area (Å²) in [7, 11) is 0. The highest BCUT2D eigenvalue weighted by Crippen LogP contribution is 2.39. The topological polar surface area (TPSA) is 79.7 Å². The molecule has 1 aromatic heterocycles. The van der Waals surface area contributed by atoms with Gasteiger partial charge >= 0.3 is 0 Å². The quantitative estimate of drug-likeness (QED) is 0.399. The van der Waals surface area contributed by atoms with Crippen LogP contribution in [0.5, 0.6) is 5.75 Å². The van der Waals surface area contributed by atoms with Crippen molar-refractivity contribution in [2.45, 2.75) is 39.7 Å². The number of Topliss-reactive ketones (excluding diaryl/α,β-unsaturated/α-hetero) is 1. The summed E-state index contributed by atoms with van der Waals surface area (Å²) in [6.07, 6.45) is 4.93.